The van der Waals surface area contributed by atoms with Crippen LogP contribution in [0.2, 0.25) is 0 Å². The van der Waals surface area contributed by atoms with Gasteiger partial charge in [0, 0.05) is 17.1 Å². The number of para-hydroxylation sites is 1. The molecule has 2 aromatic carbocycles. The molecule has 6 atom stereocenters. The smallest absolute Gasteiger partial charge is 0.119 e. The summed E-state index contributed by atoms with van der Waals surface area (Å²) in [4.78, 5) is 0. The Hall–Kier alpha value is -1.67. The first-order chi connectivity index (χ1) is 14.1. The summed E-state index contributed by atoms with van der Waals surface area (Å²) >= 11 is 6.87. The quantitative estimate of drug-likeness (QED) is 0.573. The molecule has 2 nitrogen and oxygen atoms in total. The number of nitrogens with one attached hydrogen (secondary N) is 1. The molecule has 0 bridgehead atoms. The van der Waals surface area contributed by atoms with Gasteiger partial charge in [0.15, 0.2) is 0 Å². The summed E-state index contributed by atoms with van der Waals surface area (Å²) < 4.78 is 5.48. The average molecular weight is 410 g/mol. The van der Waals surface area contributed by atoms with Crippen molar-refractivity contribution in [1.82, 2.24) is 0 Å². The van der Waals surface area contributed by atoms with Gasteiger partial charge >= 0.3 is 0 Å². The van der Waals surface area contributed by atoms with Crippen LogP contribution in [0.1, 0.15) is 56.1 Å². The molecular weight excluding hydrogens is 378 g/mol. The number of hydrogen-bond donors (Lipinski definition) is 1. The van der Waals surface area contributed by atoms with Gasteiger partial charge in [-0.05, 0) is 97.1 Å². The standard InChI is InChI=1S/C26H32ClNO/c1-26-13-12-22-21-11-9-20(29-2)14-17(21)8-10-23(22)24(26)15-18(27)16-25(26)28-19-6-4-3-5-7-19/h3-7,9,11,14,18,22-25,28H,8,10,12-13,15-16H2,1-2H3/t18-,22+,23+,24-,25-,26-/m0/s1. The fourth-order valence-corrected chi connectivity index (χ4v) is 7.14. The first-order valence-corrected chi connectivity index (χ1v) is 11.6. The summed E-state index contributed by atoms with van der Waals surface area (Å²) in [5.41, 5.74) is 4.62. The van der Waals surface area contributed by atoms with Gasteiger partial charge in [0.25, 0.3) is 0 Å². The van der Waals surface area contributed by atoms with Crippen LogP contribution in [0.5, 0.6) is 5.75 Å². The molecule has 5 rings (SSSR count). The highest BCUT2D eigenvalue weighted by molar-refractivity contribution is 6.20. The molecule has 0 saturated heterocycles. The zero-order valence-corrected chi connectivity index (χ0v) is 18.3. The number of benzene rings is 2. The van der Waals surface area contributed by atoms with Crippen molar-refractivity contribution in [3.05, 3.63) is 59.7 Å². The van der Waals surface area contributed by atoms with E-state index in [9.17, 15) is 0 Å². The molecule has 0 heterocycles. The predicted molar refractivity (Wildman–Crippen MR) is 121 cm³/mol. The molecule has 0 aliphatic heterocycles. The number of halogens is 1. The van der Waals surface area contributed by atoms with E-state index in [1.54, 1.807) is 12.7 Å². The second-order valence-electron chi connectivity index (χ2n) is 9.66. The molecule has 0 radical (unpaired) electrons. The van der Waals surface area contributed by atoms with Crippen LogP contribution in [0, 0.1) is 17.3 Å². The topological polar surface area (TPSA) is 21.3 Å². The largest absolute Gasteiger partial charge is 0.497 e. The first-order valence-electron chi connectivity index (χ1n) is 11.2. The number of methoxy groups -OCH3 is 1. The summed E-state index contributed by atoms with van der Waals surface area (Å²) in [6, 6.07) is 17.9. The lowest BCUT2D eigenvalue weighted by molar-refractivity contribution is -0.0124. The van der Waals surface area contributed by atoms with Crippen molar-refractivity contribution < 1.29 is 4.74 Å². The summed E-state index contributed by atoms with van der Waals surface area (Å²) in [5.74, 6) is 3.11. The zero-order chi connectivity index (χ0) is 20.0. The Balaban J connectivity index is 1.44. The third kappa shape index (κ3) is 3.34. The van der Waals surface area contributed by atoms with Crippen LogP contribution in [-0.4, -0.2) is 18.5 Å². The van der Waals surface area contributed by atoms with E-state index >= 15 is 0 Å². The Bertz CT molecular complexity index is 868. The van der Waals surface area contributed by atoms with Crippen LogP contribution >= 0.6 is 11.6 Å². The Morgan fingerprint density at radius 1 is 1.07 bits per heavy atom. The third-order valence-electron chi connectivity index (χ3n) is 8.28. The molecule has 2 fully saturated rings. The lowest BCUT2D eigenvalue weighted by atomic mass is 9.49. The average Bonchev–Trinajstić information content (AvgIpc) is 2.74. The number of aryl methyl sites for hydroxylation is 1. The molecule has 2 aromatic rings. The Morgan fingerprint density at radius 3 is 2.69 bits per heavy atom. The highest BCUT2D eigenvalue weighted by Gasteiger charge is 2.54. The van der Waals surface area contributed by atoms with Crippen molar-refractivity contribution in [3.63, 3.8) is 0 Å². The molecule has 0 aromatic heterocycles. The van der Waals surface area contributed by atoms with E-state index in [-0.39, 0.29) is 5.38 Å². The van der Waals surface area contributed by atoms with E-state index in [2.05, 4.69) is 60.8 Å². The zero-order valence-electron chi connectivity index (χ0n) is 17.5. The van der Waals surface area contributed by atoms with Gasteiger partial charge < -0.3 is 10.1 Å². The van der Waals surface area contributed by atoms with E-state index in [1.165, 1.54) is 36.9 Å². The number of rotatable bonds is 3. The lowest BCUT2D eigenvalue weighted by Crippen LogP contribution is -2.55. The van der Waals surface area contributed by atoms with E-state index in [0.29, 0.717) is 23.3 Å². The van der Waals surface area contributed by atoms with Gasteiger partial charge in [-0.15, -0.1) is 11.6 Å². The number of ether oxygens (including phenoxy) is 1. The van der Waals surface area contributed by atoms with Gasteiger partial charge in [0.05, 0.1) is 7.11 Å². The van der Waals surface area contributed by atoms with Crippen LogP contribution in [0.25, 0.3) is 0 Å². The van der Waals surface area contributed by atoms with Crippen molar-refractivity contribution in [2.45, 2.75) is 62.8 Å². The fourth-order valence-electron chi connectivity index (χ4n) is 6.77. The van der Waals surface area contributed by atoms with Crippen LogP contribution in [0.15, 0.2) is 48.5 Å². The van der Waals surface area contributed by atoms with E-state index < -0.39 is 0 Å². The predicted octanol–water partition coefficient (Wildman–Crippen LogP) is 6.64. The van der Waals surface area contributed by atoms with Gasteiger partial charge in [0.1, 0.15) is 5.75 Å². The van der Waals surface area contributed by atoms with Crippen molar-refractivity contribution >= 4 is 17.3 Å². The van der Waals surface area contributed by atoms with Crippen LogP contribution in [-0.2, 0) is 6.42 Å². The normalized spacial score (nSPS) is 35.8. The highest BCUT2D eigenvalue weighted by atomic mass is 35.5. The maximum Gasteiger partial charge on any atom is 0.119 e. The lowest BCUT2D eigenvalue weighted by Gasteiger charge is -2.58. The molecule has 3 aliphatic carbocycles. The van der Waals surface area contributed by atoms with E-state index in [4.69, 9.17) is 16.3 Å². The maximum atomic E-state index is 6.87. The molecule has 2 saturated carbocycles. The molecular formula is C26H32ClNO. The van der Waals surface area contributed by atoms with Gasteiger partial charge in [-0.1, -0.05) is 31.2 Å². The van der Waals surface area contributed by atoms with Crippen molar-refractivity contribution in [3.8, 4) is 5.75 Å². The third-order valence-corrected chi connectivity index (χ3v) is 8.64. The first kappa shape index (κ1) is 19.3. The summed E-state index contributed by atoms with van der Waals surface area (Å²) in [5, 5.41) is 4.15. The van der Waals surface area contributed by atoms with Crippen LogP contribution < -0.4 is 10.1 Å². The molecule has 154 valence electrons. The molecule has 0 amide bonds. The molecule has 3 aliphatic rings. The van der Waals surface area contributed by atoms with E-state index in [1.807, 2.05) is 0 Å². The monoisotopic (exact) mass is 409 g/mol. The number of alkyl halides is 1. The second-order valence-corrected chi connectivity index (χ2v) is 10.3. The van der Waals surface area contributed by atoms with Crippen LogP contribution in [0.3, 0.4) is 0 Å². The molecule has 0 spiro atoms. The van der Waals surface area contributed by atoms with Gasteiger partial charge in [0.2, 0.25) is 0 Å². The number of fused-ring (bicyclic) bond motifs is 5. The molecule has 3 heteroatoms. The van der Waals surface area contributed by atoms with Gasteiger partial charge in [-0.25, -0.2) is 0 Å². The molecule has 1 N–H and O–H groups in total. The summed E-state index contributed by atoms with van der Waals surface area (Å²) in [6.07, 6.45) is 7.25. The maximum absolute atomic E-state index is 6.87. The molecule has 0 unspecified atom stereocenters. The van der Waals surface area contributed by atoms with Gasteiger partial charge in [-0.3, -0.25) is 0 Å². The number of anilines is 1. The minimum Gasteiger partial charge on any atom is -0.497 e. The summed E-state index contributed by atoms with van der Waals surface area (Å²) in [7, 11) is 1.77. The summed E-state index contributed by atoms with van der Waals surface area (Å²) in [6.45, 7) is 2.54. The Kier molecular flexibility index (Phi) is 5.02. The van der Waals surface area contributed by atoms with Crippen molar-refractivity contribution in [2.75, 3.05) is 12.4 Å². The minimum absolute atomic E-state index is 0.269. The van der Waals surface area contributed by atoms with Crippen molar-refractivity contribution in [1.29, 1.82) is 0 Å². The SMILES string of the molecule is COc1ccc2c(c1)CC[C@@H]1[C@@H]2CC[C@]2(C)[C@@H](Nc3ccccc3)C[C@@H](Cl)C[C@@H]12. The Morgan fingerprint density at radius 2 is 1.90 bits per heavy atom. The highest BCUT2D eigenvalue weighted by Crippen LogP contribution is 2.60. The van der Waals surface area contributed by atoms with Crippen LogP contribution in [0.4, 0.5) is 5.69 Å². The van der Waals surface area contributed by atoms with E-state index in [0.717, 1.165) is 24.5 Å². The minimum atomic E-state index is 0.269. The van der Waals surface area contributed by atoms with Gasteiger partial charge in [-0.2, -0.15) is 0 Å². The number of hydrogen-bond acceptors (Lipinski definition) is 2. The van der Waals surface area contributed by atoms with Crippen molar-refractivity contribution in [2.24, 2.45) is 17.3 Å². The fraction of sp³-hybridized carbons (Fsp3) is 0.538. The Labute approximate surface area is 180 Å². The molecule has 29 heavy (non-hydrogen) atoms. The second kappa shape index (κ2) is 7.54.